The third-order valence-corrected chi connectivity index (χ3v) is 2.59. The van der Waals surface area contributed by atoms with E-state index < -0.39 is 5.60 Å². The first-order valence-electron chi connectivity index (χ1n) is 4.53. The molecule has 3 heteroatoms. The first-order chi connectivity index (χ1) is 6.65. The highest BCUT2D eigenvalue weighted by molar-refractivity contribution is 6.16. The van der Waals surface area contributed by atoms with Gasteiger partial charge in [-0.1, -0.05) is 30.3 Å². The van der Waals surface area contributed by atoms with E-state index in [0.29, 0.717) is 11.4 Å². The monoisotopic (exact) mass is 188 g/mol. The van der Waals surface area contributed by atoms with Crippen LogP contribution in [0, 0.1) is 0 Å². The Morgan fingerprint density at radius 2 is 1.50 bits per heavy atom. The molecule has 0 aromatic heterocycles. The van der Waals surface area contributed by atoms with Crippen molar-refractivity contribution in [2.24, 2.45) is 10.2 Å². The molecule has 0 aliphatic carbocycles. The Labute approximate surface area is 82.8 Å². The maximum absolute atomic E-state index is 10.4. The van der Waals surface area contributed by atoms with Gasteiger partial charge in [0.25, 0.3) is 0 Å². The first-order valence-corrected chi connectivity index (χ1v) is 4.53. The highest BCUT2D eigenvalue weighted by atomic mass is 16.3. The van der Waals surface area contributed by atoms with Crippen molar-refractivity contribution in [3.63, 3.8) is 0 Å². The summed E-state index contributed by atoms with van der Waals surface area (Å²) in [7, 11) is 0. The largest absolute Gasteiger partial charge is 0.373 e. The number of benzene rings is 1. The fourth-order valence-corrected chi connectivity index (χ4v) is 1.65. The van der Waals surface area contributed by atoms with E-state index in [1.54, 1.807) is 13.8 Å². The second-order valence-electron chi connectivity index (χ2n) is 3.45. The van der Waals surface area contributed by atoms with Crippen LogP contribution < -0.4 is 0 Å². The summed E-state index contributed by atoms with van der Waals surface area (Å²) in [5, 5.41) is 18.2. The summed E-state index contributed by atoms with van der Waals surface area (Å²) in [4.78, 5) is 0. The molecule has 0 saturated heterocycles. The van der Waals surface area contributed by atoms with E-state index in [4.69, 9.17) is 0 Å². The Morgan fingerprint density at radius 3 is 2.00 bits per heavy atom. The van der Waals surface area contributed by atoms with E-state index in [1.807, 2.05) is 30.3 Å². The molecule has 1 aliphatic rings. The lowest BCUT2D eigenvalue weighted by molar-refractivity contribution is 0.187. The number of hydrogen-bond acceptors (Lipinski definition) is 3. The van der Waals surface area contributed by atoms with Crippen molar-refractivity contribution in [2.75, 3.05) is 0 Å². The molecule has 1 aromatic rings. The zero-order valence-corrected chi connectivity index (χ0v) is 8.23. The Bertz CT molecular complexity index is 389. The number of nitrogens with zero attached hydrogens (tertiary/aromatic N) is 2. The number of hydrogen-bond donors (Lipinski definition) is 1. The predicted octanol–water partition coefficient (Wildman–Crippen LogP) is 1.72. The second-order valence-corrected chi connectivity index (χ2v) is 3.45. The van der Waals surface area contributed by atoms with E-state index >= 15 is 0 Å². The zero-order valence-electron chi connectivity index (χ0n) is 8.23. The maximum Gasteiger partial charge on any atom is 0.169 e. The van der Waals surface area contributed by atoms with Crippen LogP contribution in [0.4, 0.5) is 0 Å². The van der Waals surface area contributed by atoms with Gasteiger partial charge in [0.2, 0.25) is 0 Å². The van der Waals surface area contributed by atoms with Crippen molar-refractivity contribution in [3.8, 4) is 0 Å². The van der Waals surface area contributed by atoms with Crippen molar-refractivity contribution >= 4 is 11.4 Å². The van der Waals surface area contributed by atoms with Gasteiger partial charge in [0, 0.05) is 0 Å². The Hall–Kier alpha value is -1.48. The summed E-state index contributed by atoms with van der Waals surface area (Å²) in [6.45, 7) is 3.57. The van der Waals surface area contributed by atoms with Gasteiger partial charge < -0.3 is 5.11 Å². The smallest absolute Gasteiger partial charge is 0.169 e. The van der Waals surface area contributed by atoms with Gasteiger partial charge in [-0.2, -0.15) is 10.2 Å². The van der Waals surface area contributed by atoms with Gasteiger partial charge >= 0.3 is 0 Å². The summed E-state index contributed by atoms with van der Waals surface area (Å²) in [6, 6.07) is 9.46. The summed E-state index contributed by atoms with van der Waals surface area (Å²) in [6.07, 6.45) is 0. The van der Waals surface area contributed by atoms with Crippen LogP contribution in [0.25, 0.3) is 0 Å². The van der Waals surface area contributed by atoms with E-state index in [2.05, 4.69) is 10.2 Å². The molecule has 0 amide bonds. The predicted molar refractivity (Wildman–Crippen MR) is 56.6 cm³/mol. The fourth-order valence-electron chi connectivity index (χ4n) is 1.65. The van der Waals surface area contributed by atoms with Gasteiger partial charge in [0.1, 0.15) is 0 Å². The summed E-state index contributed by atoms with van der Waals surface area (Å²) < 4.78 is 0. The van der Waals surface area contributed by atoms with E-state index in [1.165, 1.54) is 0 Å². The molecular formula is C11H12N2O. The van der Waals surface area contributed by atoms with Crippen molar-refractivity contribution in [1.29, 1.82) is 0 Å². The van der Waals surface area contributed by atoms with Crippen LogP contribution in [0.1, 0.15) is 19.4 Å². The quantitative estimate of drug-likeness (QED) is 0.716. The lowest BCUT2D eigenvalue weighted by atomic mass is 9.86. The number of aliphatic hydroxyl groups is 1. The highest BCUT2D eigenvalue weighted by Crippen LogP contribution is 2.28. The molecule has 72 valence electrons. The van der Waals surface area contributed by atoms with Crippen molar-refractivity contribution < 1.29 is 5.11 Å². The van der Waals surface area contributed by atoms with Crippen LogP contribution in [0.5, 0.6) is 0 Å². The Kier molecular flexibility index (Phi) is 1.97. The van der Waals surface area contributed by atoms with Gasteiger partial charge in [0.05, 0.1) is 11.4 Å². The topological polar surface area (TPSA) is 45.0 Å². The third kappa shape index (κ3) is 1.09. The van der Waals surface area contributed by atoms with Crippen molar-refractivity contribution in [1.82, 2.24) is 0 Å². The molecule has 14 heavy (non-hydrogen) atoms. The van der Waals surface area contributed by atoms with Gasteiger partial charge in [-0.15, -0.1) is 0 Å². The molecule has 0 fully saturated rings. The molecule has 1 aliphatic heterocycles. The molecule has 0 atom stereocenters. The van der Waals surface area contributed by atoms with Gasteiger partial charge in [-0.05, 0) is 19.4 Å². The molecule has 1 heterocycles. The lowest BCUT2D eigenvalue weighted by Crippen LogP contribution is -2.38. The second kappa shape index (κ2) is 3.03. The Balaban J connectivity index is 2.53. The summed E-state index contributed by atoms with van der Waals surface area (Å²) in [5.41, 5.74) is 0.976. The van der Waals surface area contributed by atoms with E-state index in [9.17, 15) is 5.11 Å². The normalized spacial score (nSPS) is 19.1. The summed E-state index contributed by atoms with van der Waals surface area (Å²) >= 11 is 0. The van der Waals surface area contributed by atoms with Gasteiger partial charge in [-0.25, -0.2) is 0 Å². The van der Waals surface area contributed by atoms with Crippen LogP contribution >= 0.6 is 0 Å². The molecule has 3 nitrogen and oxygen atoms in total. The minimum atomic E-state index is -1.10. The maximum atomic E-state index is 10.4. The van der Waals surface area contributed by atoms with Crippen LogP contribution in [0.2, 0.25) is 0 Å². The molecule has 0 spiro atoms. The zero-order chi connectivity index (χ0) is 10.2. The summed E-state index contributed by atoms with van der Waals surface area (Å²) in [5.74, 6) is 0. The average Bonchev–Trinajstić information content (AvgIpc) is 2.49. The fraction of sp³-hybridized carbons (Fsp3) is 0.273. The molecule has 2 rings (SSSR count). The Morgan fingerprint density at radius 1 is 1.00 bits per heavy atom. The number of rotatable bonds is 1. The standard InChI is InChI=1S/C11H12N2O/c1-8-11(14,9(2)13-12-8)10-6-4-3-5-7-10/h3-7,14H,1-2H3. The minimum Gasteiger partial charge on any atom is -0.373 e. The molecule has 0 unspecified atom stereocenters. The molecular weight excluding hydrogens is 176 g/mol. The van der Waals surface area contributed by atoms with Crippen molar-refractivity contribution in [3.05, 3.63) is 35.9 Å². The third-order valence-electron chi connectivity index (χ3n) is 2.59. The highest BCUT2D eigenvalue weighted by Gasteiger charge is 2.39. The van der Waals surface area contributed by atoms with Gasteiger partial charge in [0.15, 0.2) is 5.60 Å². The van der Waals surface area contributed by atoms with Gasteiger partial charge in [-0.3, -0.25) is 0 Å². The molecule has 0 bridgehead atoms. The average molecular weight is 188 g/mol. The van der Waals surface area contributed by atoms with Crippen LogP contribution in [0.15, 0.2) is 40.5 Å². The van der Waals surface area contributed by atoms with Crippen LogP contribution in [-0.4, -0.2) is 16.5 Å². The first kappa shape index (κ1) is 9.09. The molecule has 1 N–H and O–H groups in total. The minimum absolute atomic E-state index is 0.626. The van der Waals surface area contributed by atoms with E-state index in [-0.39, 0.29) is 0 Å². The lowest BCUT2D eigenvalue weighted by Gasteiger charge is -2.23. The SMILES string of the molecule is CC1=NN=C(C)C1(O)c1ccccc1. The van der Waals surface area contributed by atoms with Crippen LogP contribution in [0.3, 0.4) is 0 Å². The van der Waals surface area contributed by atoms with E-state index in [0.717, 1.165) is 5.56 Å². The molecule has 0 saturated carbocycles. The molecule has 0 radical (unpaired) electrons. The van der Waals surface area contributed by atoms with Crippen LogP contribution in [-0.2, 0) is 5.60 Å². The molecule has 1 aromatic carbocycles. The van der Waals surface area contributed by atoms with Crippen molar-refractivity contribution in [2.45, 2.75) is 19.4 Å².